The Morgan fingerprint density at radius 1 is 1.38 bits per heavy atom. The second-order valence-corrected chi connectivity index (χ2v) is 9.11. The van der Waals surface area contributed by atoms with E-state index in [2.05, 4.69) is 4.98 Å². The van der Waals surface area contributed by atoms with Gasteiger partial charge in [0.1, 0.15) is 11.3 Å². The Hall–Kier alpha value is -2.07. The summed E-state index contributed by atoms with van der Waals surface area (Å²) in [6, 6.07) is 6.89. The summed E-state index contributed by atoms with van der Waals surface area (Å²) < 4.78 is 33.4. The van der Waals surface area contributed by atoms with Gasteiger partial charge in [-0.05, 0) is 18.6 Å². The molecular formula is C16H18N2O6S2. The number of carbonyl (C=O) groups excluding carboxylic acids is 2. The number of esters is 1. The lowest BCUT2D eigenvalue weighted by atomic mass is 10.2. The molecule has 1 amide bonds. The molecule has 0 radical (unpaired) electrons. The molecule has 10 heteroatoms. The summed E-state index contributed by atoms with van der Waals surface area (Å²) in [5, 5.41) is 0.350. The predicted molar refractivity (Wildman–Crippen MR) is 95.5 cm³/mol. The largest absolute Gasteiger partial charge is 0.455 e. The first-order valence-electron chi connectivity index (χ1n) is 7.94. The Balaban J connectivity index is 1.44. The zero-order chi connectivity index (χ0) is 18.7. The van der Waals surface area contributed by atoms with E-state index in [0.29, 0.717) is 22.7 Å². The highest BCUT2D eigenvalue weighted by Crippen LogP contribution is 2.23. The van der Waals surface area contributed by atoms with Gasteiger partial charge in [0.2, 0.25) is 0 Å². The lowest BCUT2D eigenvalue weighted by Crippen LogP contribution is -2.40. The number of carbonyl (C=O) groups is 2. The number of hydrogen-bond acceptors (Lipinski definition) is 8. The molecule has 0 N–H and O–H groups in total. The molecule has 26 heavy (non-hydrogen) atoms. The van der Waals surface area contributed by atoms with Crippen molar-refractivity contribution >= 4 is 44.6 Å². The van der Waals surface area contributed by atoms with Crippen LogP contribution < -0.4 is 0 Å². The Kier molecular flexibility index (Phi) is 5.52. The van der Waals surface area contributed by atoms with Gasteiger partial charge in [-0.25, -0.2) is 13.4 Å². The van der Waals surface area contributed by atoms with Gasteiger partial charge in [0, 0.05) is 13.1 Å². The number of para-hydroxylation sites is 2. The molecule has 1 aromatic heterocycles. The van der Waals surface area contributed by atoms with E-state index >= 15 is 0 Å². The maximum Gasteiger partial charge on any atom is 0.316 e. The molecule has 1 fully saturated rings. The molecule has 0 aliphatic carbocycles. The van der Waals surface area contributed by atoms with Crippen LogP contribution in [0.25, 0.3) is 11.1 Å². The van der Waals surface area contributed by atoms with Crippen LogP contribution in [0.4, 0.5) is 0 Å². The zero-order valence-electron chi connectivity index (χ0n) is 14.1. The average Bonchev–Trinajstić information content (AvgIpc) is 3.19. The number of aromatic nitrogens is 1. The Morgan fingerprint density at radius 2 is 2.15 bits per heavy atom. The summed E-state index contributed by atoms with van der Waals surface area (Å²) >= 11 is 1.08. The third-order valence-corrected chi connectivity index (χ3v) is 6.65. The zero-order valence-corrected chi connectivity index (χ0v) is 15.7. The first-order chi connectivity index (χ1) is 12.3. The van der Waals surface area contributed by atoms with E-state index in [4.69, 9.17) is 9.15 Å². The fourth-order valence-electron chi connectivity index (χ4n) is 2.60. The molecular weight excluding hydrogens is 380 g/mol. The van der Waals surface area contributed by atoms with Crippen molar-refractivity contribution in [1.29, 1.82) is 0 Å². The highest BCUT2D eigenvalue weighted by Gasteiger charge is 2.32. The SMILES string of the molecule is CN(C(=O)COC(=O)CSc1nc2ccccc2o1)[C@H]1CCS(=O)(=O)C1. The summed E-state index contributed by atoms with van der Waals surface area (Å²) in [6.45, 7) is -0.417. The van der Waals surface area contributed by atoms with Crippen molar-refractivity contribution in [2.24, 2.45) is 0 Å². The van der Waals surface area contributed by atoms with E-state index in [0.717, 1.165) is 11.8 Å². The minimum atomic E-state index is -3.08. The standard InChI is InChI=1S/C16H18N2O6S2/c1-18(11-6-7-26(21,22)10-11)14(19)8-23-15(20)9-25-16-17-12-4-2-3-5-13(12)24-16/h2-5,11H,6-10H2,1H3/t11-/m0/s1. The lowest BCUT2D eigenvalue weighted by molar-refractivity contribution is -0.150. The molecule has 1 atom stereocenters. The van der Waals surface area contributed by atoms with Gasteiger partial charge in [0.15, 0.2) is 22.0 Å². The summed E-state index contributed by atoms with van der Waals surface area (Å²) in [7, 11) is -1.56. The maximum absolute atomic E-state index is 12.1. The minimum absolute atomic E-state index is 0.0401. The van der Waals surface area contributed by atoms with Crippen LogP contribution in [0.5, 0.6) is 0 Å². The van der Waals surface area contributed by atoms with Crippen molar-refractivity contribution in [1.82, 2.24) is 9.88 Å². The van der Waals surface area contributed by atoms with E-state index in [1.807, 2.05) is 12.1 Å². The van der Waals surface area contributed by atoms with E-state index in [9.17, 15) is 18.0 Å². The Labute approximate surface area is 154 Å². The van der Waals surface area contributed by atoms with Crippen molar-refractivity contribution < 1.29 is 27.2 Å². The van der Waals surface area contributed by atoms with Crippen LogP contribution in [0.3, 0.4) is 0 Å². The van der Waals surface area contributed by atoms with Gasteiger partial charge < -0.3 is 14.1 Å². The van der Waals surface area contributed by atoms with Crippen LogP contribution in [-0.4, -0.2) is 67.1 Å². The topological polar surface area (TPSA) is 107 Å². The Morgan fingerprint density at radius 3 is 2.85 bits per heavy atom. The van der Waals surface area contributed by atoms with E-state index in [1.54, 1.807) is 12.1 Å². The number of ether oxygens (including phenoxy) is 1. The molecule has 140 valence electrons. The Bertz CT molecular complexity index is 891. The lowest BCUT2D eigenvalue weighted by Gasteiger charge is -2.23. The molecule has 2 heterocycles. The van der Waals surface area contributed by atoms with Crippen LogP contribution in [0.1, 0.15) is 6.42 Å². The quantitative estimate of drug-likeness (QED) is 0.526. The molecule has 2 aromatic rings. The van der Waals surface area contributed by atoms with E-state index in [1.165, 1.54) is 11.9 Å². The maximum atomic E-state index is 12.1. The number of fused-ring (bicyclic) bond motifs is 1. The number of benzene rings is 1. The molecule has 0 spiro atoms. The number of sulfone groups is 1. The van der Waals surface area contributed by atoms with Crippen molar-refractivity contribution in [3.05, 3.63) is 24.3 Å². The van der Waals surface area contributed by atoms with Crippen LogP contribution >= 0.6 is 11.8 Å². The van der Waals surface area contributed by atoms with Crippen LogP contribution in [0.2, 0.25) is 0 Å². The number of nitrogens with zero attached hydrogens (tertiary/aromatic N) is 2. The van der Waals surface area contributed by atoms with Crippen molar-refractivity contribution in [2.75, 3.05) is 30.9 Å². The van der Waals surface area contributed by atoms with Crippen LogP contribution in [0.15, 0.2) is 33.9 Å². The fourth-order valence-corrected chi connectivity index (χ4v) is 5.01. The summed E-state index contributed by atoms with van der Waals surface area (Å²) in [5.41, 5.74) is 1.33. The second-order valence-electron chi connectivity index (χ2n) is 5.96. The summed E-state index contributed by atoms with van der Waals surface area (Å²) in [6.07, 6.45) is 0.409. The number of rotatable bonds is 6. The summed E-state index contributed by atoms with van der Waals surface area (Å²) in [4.78, 5) is 29.4. The highest BCUT2D eigenvalue weighted by molar-refractivity contribution is 7.99. The first-order valence-corrected chi connectivity index (χ1v) is 10.7. The van der Waals surface area contributed by atoms with E-state index < -0.39 is 28.3 Å². The molecule has 1 aliphatic rings. The smallest absolute Gasteiger partial charge is 0.316 e. The first kappa shape index (κ1) is 18.7. The number of thioether (sulfide) groups is 1. The van der Waals surface area contributed by atoms with Gasteiger partial charge in [-0.2, -0.15) is 0 Å². The molecule has 1 aliphatic heterocycles. The fraction of sp³-hybridized carbons (Fsp3) is 0.438. The van der Waals surface area contributed by atoms with Crippen molar-refractivity contribution in [2.45, 2.75) is 17.7 Å². The van der Waals surface area contributed by atoms with Gasteiger partial charge >= 0.3 is 5.97 Å². The second kappa shape index (κ2) is 7.67. The van der Waals surface area contributed by atoms with Crippen molar-refractivity contribution in [3.63, 3.8) is 0 Å². The van der Waals surface area contributed by atoms with Crippen molar-refractivity contribution in [3.8, 4) is 0 Å². The van der Waals surface area contributed by atoms with Crippen LogP contribution in [-0.2, 0) is 24.2 Å². The minimum Gasteiger partial charge on any atom is -0.455 e. The number of oxazole rings is 1. The van der Waals surface area contributed by atoms with Gasteiger partial charge in [0.25, 0.3) is 11.1 Å². The molecule has 8 nitrogen and oxygen atoms in total. The highest BCUT2D eigenvalue weighted by atomic mass is 32.2. The third-order valence-electron chi connectivity index (χ3n) is 4.09. The number of amides is 1. The molecule has 1 aromatic carbocycles. The van der Waals surface area contributed by atoms with Crippen LogP contribution in [0, 0.1) is 0 Å². The molecule has 1 saturated heterocycles. The molecule has 0 bridgehead atoms. The van der Waals surface area contributed by atoms with Gasteiger partial charge in [-0.1, -0.05) is 23.9 Å². The summed E-state index contributed by atoms with van der Waals surface area (Å²) in [5.74, 6) is -1.00. The molecule has 0 unspecified atom stereocenters. The third kappa shape index (κ3) is 4.55. The predicted octanol–water partition coefficient (Wildman–Crippen LogP) is 1.11. The van der Waals surface area contributed by atoms with Gasteiger partial charge in [-0.3, -0.25) is 9.59 Å². The number of hydrogen-bond donors (Lipinski definition) is 0. The average molecular weight is 398 g/mol. The van der Waals surface area contributed by atoms with Gasteiger partial charge in [-0.15, -0.1) is 0 Å². The molecule has 3 rings (SSSR count). The monoisotopic (exact) mass is 398 g/mol. The normalized spacial score (nSPS) is 18.7. The van der Waals surface area contributed by atoms with E-state index in [-0.39, 0.29) is 23.3 Å². The molecule has 0 saturated carbocycles. The number of likely N-dealkylation sites (N-methyl/N-ethyl adjacent to an activating group) is 1. The van der Waals surface area contributed by atoms with Gasteiger partial charge in [0.05, 0.1) is 11.5 Å².